The maximum atomic E-state index is 5.76. The van der Waals surface area contributed by atoms with Crippen LogP contribution in [0.2, 0.25) is 0 Å². The summed E-state index contributed by atoms with van der Waals surface area (Å²) < 4.78 is 5.76. The summed E-state index contributed by atoms with van der Waals surface area (Å²) in [5, 5.41) is 3.33. The summed E-state index contributed by atoms with van der Waals surface area (Å²) in [6.45, 7) is 9.28. The first kappa shape index (κ1) is 9.49. The smallest absolute Gasteiger partial charge is 0.0738 e. The molecule has 1 aliphatic heterocycles. The van der Waals surface area contributed by atoms with Gasteiger partial charge in [-0.25, -0.2) is 0 Å². The van der Waals surface area contributed by atoms with Gasteiger partial charge in [-0.2, -0.15) is 0 Å². The van der Waals surface area contributed by atoms with E-state index in [1.807, 2.05) is 12.2 Å². The van der Waals surface area contributed by atoms with Crippen molar-refractivity contribution in [2.45, 2.75) is 25.0 Å². The molecular weight excluding hydrogens is 150 g/mol. The van der Waals surface area contributed by atoms with Gasteiger partial charge in [-0.1, -0.05) is 12.2 Å². The molecule has 0 aliphatic carbocycles. The number of hydrogen-bond acceptors (Lipinski definition) is 2. The first-order chi connectivity index (χ1) is 5.86. The van der Waals surface area contributed by atoms with Crippen molar-refractivity contribution in [1.29, 1.82) is 0 Å². The number of morpholine rings is 1. The van der Waals surface area contributed by atoms with Gasteiger partial charge in [0.1, 0.15) is 0 Å². The summed E-state index contributed by atoms with van der Waals surface area (Å²) in [5.74, 6) is 0. The minimum absolute atomic E-state index is 0.307. The zero-order valence-corrected chi connectivity index (χ0v) is 7.46. The van der Waals surface area contributed by atoms with E-state index in [1.165, 1.54) is 0 Å². The molecule has 0 radical (unpaired) electrons. The number of rotatable bonds is 4. The topological polar surface area (TPSA) is 21.3 Å². The Hall–Kier alpha value is -0.600. The predicted molar refractivity (Wildman–Crippen MR) is 51.2 cm³/mol. The van der Waals surface area contributed by atoms with E-state index in [9.17, 15) is 0 Å². The second-order valence-corrected chi connectivity index (χ2v) is 3.09. The molecule has 0 amide bonds. The lowest BCUT2D eigenvalue weighted by atomic mass is 10.1. The molecule has 12 heavy (non-hydrogen) atoms. The zero-order chi connectivity index (χ0) is 8.81. The zero-order valence-electron chi connectivity index (χ0n) is 7.46. The van der Waals surface area contributed by atoms with Crippen molar-refractivity contribution in [3.05, 3.63) is 25.3 Å². The van der Waals surface area contributed by atoms with E-state index in [4.69, 9.17) is 4.74 Å². The van der Waals surface area contributed by atoms with Crippen molar-refractivity contribution >= 4 is 0 Å². The molecule has 1 heterocycles. The second kappa shape index (κ2) is 5.12. The van der Waals surface area contributed by atoms with Gasteiger partial charge in [0.15, 0.2) is 0 Å². The highest BCUT2D eigenvalue weighted by molar-refractivity contribution is 4.83. The maximum Gasteiger partial charge on any atom is 0.0738 e. The first-order valence-electron chi connectivity index (χ1n) is 4.44. The van der Waals surface area contributed by atoms with Crippen LogP contribution in [-0.2, 0) is 4.74 Å². The van der Waals surface area contributed by atoms with E-state index < -0.39 is 0 Å². The highest BCUT2D eigenvalue weighted by Gasteiger charge is 2.19. The molecule has 2 heteroatoms. The van der Waals surface area contributed by atoms with Crippen LogP contribution >= 0.6 is 0 Å². The molecule has 2 unspecified atom stereocenters. The monoisotopic (exact) mass is 167 g/mol. The van der Waals surface area contributed by atoms with Crippen LogP contribution in [0, 0.1) is 0 Å². The summed E-state index contributed by atoms with van der Waals surface area (Å²) in [7, 11) is 0. The van der Waals surface area contributed by atoms with Crippen LogP contribution in [0.1, 0.15) is 12.8 Å². The summed E-state index contributed by atoms with van der Waals surface area (Å²) in [6, 6.07) is 0. The third kappa shape index (κ3) is 2.80. The van der Waals surface area contributed by atoms with Gasteiger partial charge >= 0.3 is 0 Å². The summed E-state index contributed by atoms with van der Waals surface area (Å²) in [4.78, 5) is 0. The van der Waals surface area contributed by atoms with E-state index in [0.29, 0.717) is 12.2 Å². The van der Waals surface area contributed by atoms with E-state index in [1.54, 1.807) is 0 Å². The minimum atomic E-state index is 0.307. The molecule has 1 rings (SSSR count). The number of nitrogens with one attached hydrogen (secondary N) is 1. The molecule has 0 aromatic heterocycles. The van der Waals surface area contributed by atoms with Crippen LogP contribution in [0.5, 0.6) is 0 Å². The lowest BCUT2D eigenvalue weighted by molar-refractivity contribution is -0.0328. The SMILES string of the molecule is C=CCC1CNCC(CC=C)O1. The Morgan fingerprint density at radius 2 is 1.67 bits per heavy atom. The van der Waals surface area contributed by atoms with Gasteiger partial charge < -0.3 is 10.1 Å². The standard InChI is InChI=1S/C10H17NO/c1-3-5-9-7-11-8-10(12-9)6-4-2/h3-4,9-11H,1-2,5-8H2. The van der Waals surface area contributed by atoms with Crippen LogP contribution < -0.4 is 5.32 Å². The average molecular weight is 167 g/mol. The van der Waals surface area contributed by atoms with Crippen molar-refractivity contribution in [2.24, 2.45) is 0 Å². The molecule has 2 atom stereocenters. The quantitative estimate of drug-likeness (QED) is 0.641. The van der Waals surface area contributed by atoms with Crippen LogP contribution in [0.25, 0.3) is 0 Å². The normalized spacial score (nSPS) is 29.7. The van der Waals surface area contributed by atoms with Crippen LogP contribution in [0.15, 0.2) is 25.3 Å². The number of ether oxygens (including phenoxy) is 1. The Bertz CT molecular complexity index is 140. The van der Waals surface area contributed by atoms with Crippen molar-refractivity contribution in [1.82, 2.24) is 5.32 Å². The molecule has 0 spiro atoms. The molecule has 0 bridgehead atoms. The van der Waals surface area contributed by atoms with Crippen molar-refractivity contribution in [3.63, 3.8) is 0 Å². The Kier molecular flexibility index (Phi) is 4.05. The van der Waals surface area contributed by atoms with Crippen LogP contribution in [0.4, 0.5) is 0 Å². The van der Waals surface area contributed by atoms with E-state index >= 15 is 0 Å². The molecule has 1 N–H and O–H groups in total. The van der Waals surface area contributed by atoms with E-state index in [0.717, 1.165) is 25.9 Å². The Morgan fingerprint density at radius 1 is 1.17 bits per heavy atom. The van der Waals surface area contributed by atoms with Gasteiger partial charge in [0.25, 0.3) is 0 Å². The summed E-state index contributed by atoms with van der Waals surface area (Å²) in [6.07, 6.45) is 6.29. The van der Waals surface area contributed by atoms with Gasteiger partial charge in [0.2, 0.25) is 0 Å². The molecule has 68 valence electrons. The molecule has 1 saturated heterocycles. The second-order valence-electron chi connectivity index (χ2n) is 3.09. The minimum Gasteiger partial charge on any atom is -0.372 e. The lowest BCUT2D eigenvalue weighted by Gasteiger charge is -2.29. The third-order valence-corrected chi connectivity index (χ3v) is 1.99. The number of hydrogen-bond donors (Lipinski definition) is 1. The molecule has 0 aromatic carbocycles. The predicted octanol–water partition coefficient (Wildman–Crippen LogP) is 1.50. The van der Waals surface area contributed by atoms with Gasteiger partial charge in [0, 0.05) is 13.1 Å². The molecule has 2 nitrogen and oxygen atoms in total. The summed E-state index contributed by atoms with van der Waals surface area (Å²) >= 11 is 0. The summed E-state index contributed by atoms with van der Waals surface area (Å²) in [5.41, 5.74) is 0. The highest BCUT2D eigenvalue weighted by Crippen LogP contribution is 2.10. The molecule has 1 aliphatic rings. The Morgan fingerprint density at radius 3 is 2.08 bits per heavy atom. The van der Waals surface area contributed by atoms with Crippen LogP contribution in [0.3, 0.4) is 0 Å². The van der Waals surface area contributed by atoms with Gasteiger partial charge in [-0.15, -0.1) is 13.2 Å². The van der Waals surface area contributed by atoms with Crippen molar-refractivity contribution < 1.29 is 4.74 Å². The van der Waals surface area contributed by atoms with Crippen LogP contribution in [-0.4, -0.2) is 25.3 Å². The lowest BCUT2D eigenvalue weighted by Crippen LogP contribution is -2.44. The maximum absolute atomic E-state index is 5.76. The van der Waals surface area contributed by atoms with E-state index in [-0.39, 0.29) is 0 Å². The first-order valence-corrected chi connectivity index (χ1v) is 4.44. The molecule has 0 aromatic rings. The highest BCUT2D eigenvalue weighted by atomic mass is 16.5. The van der Waals surface area contributed by atoms with E-state index in [2.05, 4.69) is 18.5 Å². The Balaban J connectivity index is 2.29. The third-order valence-electron chi connectivity index (χ3n) is 1.99. The van der Waals surface area contributed by atoms with Crippen molar-refractivity contribution in [3.8, 4) is 0 Å². The van der Waals surface area contributed by atoms with Gasteiger partial charge in [-0.3, -0.25) is 0 Å². The fourth-order valence-corrected chi connectivity index (χ4v) is 1.42. The molecular formula is C10H17NO. The molecule has 1 fully saturated rings. The Labute approximate surface area is 74.3 Å². The fourth-order valence-electron chi connectivity index (χ4n) is 1.42. The van der Waals surface area contributed by atoms with Crippen molar-refractivity contribution in [2.75, 3.05) is 13.1 Å². The van der Waals surface area contributed by atoms with Gasteiger partial charge in [-0.05, 0) is 12.8 Å². The molecule has 0 saturated carbocycles. The van der Waals surface area contributed by atoms with Gasteiger partial charge in [0.05, 0.1) is 12.2 Å². The largest absolute Gasteiger partial charge is 0.372 e. The fraction of sp³-hybridized carbons (Fsp3) is 0.600. The average Bonchev–Trinajstić information content (AvgIpc) is 2.06.